The van der Waals surface area contributed by atoms with Crippen LogP contribution in [0, 0.1) is 16.7 Å². The van der Waals surface area contributed by atoms with E-state index >= 15 is 4.79 Å². The summed E-state index contributed by atoms with van der Waals surface area (Å²) < 4.78 is 66.6. The van der Waals surface area contributed by atoms with Crippen molar-refractivity contribution in [2.75, 3.05) is 13.7 Å². The molecule has 4 N–H and O–H groups in total. The van der Waals surface area contributed by atoms with Crippen molar-refractivity contribution in [1.29, 1.82) is 0 Å². The Bertz CT molecular complexity index is 2170. The van der Waals surface area contributed by atoms with Gasteiger partial charge in [0.05, 0.1) is 42.8 Å². The van der Waals surface area contributed by atoms with E-state index in [1.54, 1.807) is 0 Å². The molecule has 4 aliphatic rings. The van der Waals surface area contributed by atoms with Crippen molar-refractivity contribution in [1.82, 2.24) is 5.32 Å². The highest BCUT2D eigenvalue weighted by molar-refractivity contribution is 5.95. The molecular weight excluding hydrogens is 842 g/mol. The molecule has 2 bridgehead atoms. The first-order valence-electron chi connectivity index (χ1n) is 19.7. The number of carbonyl (C=O) groups excluding carboxylic acids is 6. The van der Waals surface area contributed by atoms with Crippen molar-refractivity contribution < 1.29 is 86.0 Å². The van der Waals surface area contributed by atoms with Crippen molar-refractivity contribution in [3.05, 3.63) is 63.6 Å². The first kappa shape index (κ1) is 48.4. The maximum Gasteiger partial charge on any atom is 0.509 e. The van der Waals surface area contributed by atoms with Crippen LogP contribution in [0.25, 0.3) is 10.4 Å². The highest BCUT2D eigenvalue weighted by atomic mass is 19.3. The van der Waals surface area contributed by atoms with Crippen LogP contribution in [0.3, 0.4) is 0 Å². The summed E-state index contributed by atoms with van der Waals surface area (Å²) in [5.41, 5.74) is -1.35. The summed E-state index contributed by atoms with van der Waals surface area (Å²) in [5.74, 6) is -6.54. The number of ether oxygens (including phenoxy) is 7. The molecule has 3 aliphatic carbocycles. The number of fused-ring (bicyclic) bond motifs is 5. The van der Waals surface area contributed by atoms with E-state index in [2.05, 4.69) is 10.0 Å². The summed E-state index contributed by atoms with van der Waals surface area (Å²) in [6, 6.07) is 3.04. The van der Waals surface area contributed by atoms with E-state index in [4.69, 9.17) is 38.7 Å². The minimum Gasteiger partial charge on any atom is -0.456 e. The molecule has 1 saturated heterocycles. The standard InChI is InChI=1S/C41H50F2N4O16/c1-18-23(59-34(53)28(50)22(14-26(42)43)45-35(54)63-37(3,4)5)16-41(56)32(61-33(52)20-11-10-12-21(13-20)46-47-44)30-39(8,24(49)15-25-40(30,17-58-25)62-19(2)48)31(51)29(60-36(55)57-9)27(18)38(41,6)7/h10-14,22-25,28-30,32,49-50,56H,15-17H2,1-9H3,(H,45,54)/t22-,23-,24-,25+,28+,29+,30?,32?,39+,40-,41+/m0/s1. The third kappa shape index (κ3) is 8.82. The van der Waals surface area contributed by atoms with Gasteiger partial charge in [-0.3, -0.25) is 9.59 Å². The maximum atomic E-state index is 15.5. The molecule has 1 aromatic rings. The van der Waals surface area contributed by atoms with Crippen LogP contribution in [-0.4, -0.2) is 124 Å². The number of aliphatic hydroxyl groups is 3. The number of halogens is 2. The molecule has 1 heterocycles. The van der Waals surface area contributed by atoms with Crippen LogP contribution < -0.4 is 5.32 Å². The van der Waals surface area contributed by atoms with Gasteiger partial charge in [0.2, 0.25) is 0 Å². The number of nitrogens with zero attached hydrogens (tertiary/aromatic N) is 3. The number of carbonyl (C=O) groups is 6. The van der Waals surface area contributed by atoms with Gasteiger partial charge in [0, 0.05) is 41.9 Å². The number of methoxy groups -OCH3 is 1. The molecule has 0 radical (unpaired) electrons. The fourth-order valence-corrected chi connectivity index (χ4v) is 9.32. The quantitative estimate of drug-likeness (QED) is 0.0632. The van der Waals surface area contributed by atoms with E-state index in [1.807, 2.05) is 5.32 Å². The lowest BCUT2D eigenvalue weighted by molar-refractivity contribution is -0.346. The summed E-state index contributed by atoms with van der Waals surface area (Å²) >= 11 is 0. The van der Waals surface area contributed by atoms with Crippen LogP contribution in [-0.2, 0) is 47.5 Å². The zero-order chi connectivity index (χ0) is 47.2. The second-order valence-electron chi connectivity index (χ2n) is 17.6. The zero-order valence-electron chi connectivity index (χ0n) is 35.9. The highest BCUT2D eigenvalue weighted by Crippen LogP contribution is 2.64. The number of aliphatic hydroxyl groups excluding tert-OH is 2. The monoisotopic (exact) mass is 892 g/mol. The number of esters is 3. The lowest BCUT2D eigenvalue weighted by atomic mass is 9.44. The highest BCUT2D eigenvalue weighted by Gasteiger charge is 2.78. The van der Waals surface area contributed by atoms with Gasteiger partial charge in [-0.1, -0.05) is 31.1 Å². The number of hydrogen-bond acceptors (Lipinski definition) is 17. The van der Waals surface area contributed by atoms with Gasteiger partial charge in [-0.15, -0.1) is 0 Å². The third-order valence-electron chi connectivity index (χ3n) is 12.3. The predicted molar refractivity (Wildman–Crippen MR) is 209 cm³/mol. The van der Waals surface area contributed by atoms with Crippen LogP contribution in [0.5, 0.6) is 0 Å². The molecule has 2 saturated carbocycles. The van der Waals surface area contributed by atoms with Gasteiger partial charge in [-0.2, -0.15) is 8.78 Å². The summed E-state index contributed by atoms with van der Waals surface area (Å²) in [4.78, 5) is 85.0. The van der Waals surface area contributed by atoms with Crippen LogP contribution >= 0.6 is 0 Å². The molecule has 344 valence electrons. The topological polar surface area (TPSA) is 289 Å². The molecule has 0 aromatic heterocycles. The van der Waals surface area contributed by atoms with Gasteiger partial charge >= 0.3 is 30.2 Å². The average Bonchev–Trinajstić information content (AvgIpc) is 3.17. The van der Waals surface area contributed by atoms with E-state index in [0.29, 0.717) is 0 Å². The molecular formula is C41H50F2N4O16. The summed E-state index contributed by atoms with van der Waals surface area (Å²) in [7, 11) is 0.945. The number of Topliss-reactive ketones (excluding diaryl/α,β-unsaturated/α-hetero) is 1. The number of alkyl carbamates (subject to hydrolysis) is 1. The van der Waals surface area contributed by atoms with Gasteiger partial charge in [0.1, 0.15) is 29.5 Å². The smallest absolute Gasteiger partial charge is 0.456 e. The Hall–Kier alpha value is -5.67. The summed E-state index contributed by atoms with van der Waals surface area (Å²) in [6.45, 7) is 10.4. The Kier molecular flexibility index (Phi) is 13.4. The Balaban J connectivity index is 1.76. The number of benzene rings is 1. The normalized spacial score (nSPS) is 31.6. The van der Waals surface area contributed by atoms with Crippen molar-refractivity contribution in [2.24, 2.45) is 21.9 Å². The minimum atomic E-state index is -2.64. The first-order chi connectivity index (χ1) is 29.2. The summed E-state index contributed by atoms with van der Waals surface area (Å²) in [6.07, 6.45) is -17.5. The first-order valence-corrected chi connectivity index (χ1v) is 19.7. The third-order valence-corrected chi connectivity index (χ3v) is 12.3. The fraction of sp³-hybridized carbons (Fsp3) is 0.610. The number of hydrogen-bond donors (Lipinski definition) is 4. The van der Waals surface area contributed by atoms with Crippen LogP contribution in [0.1, 0.15) is 78.6 Å². The van der Waals surface area contributed by atoms with Crippen LogP contribution in [0.4, 0.5) is 24.1 Å². The largest absolute Gasteiger partial charge is 0.509 e. The molecule has 0 spiro atoms. The van der Waals surface area contributed by atoms with E-state index in [0.717, 1.165) is 20.1 Å². The van der Waals surface area contributed by atoms with E-state index in [9.17, 15) is 48.1 Å². The Labute approximate surface area is 359 Å². The summed E-state index contributed by atoms with van der Waals surface area (Å²) in [5, 5.41) is 42.2. The molecule has 1 aromatic carbocycles. The zero-order valence-corrected chi connectivity index (χ0v) is 35.9. The fourth-order valence-electron chi connectivity index (χ4n) is 9.32. The molecule has 63 heavy (non-hydrogen) atoms. The molecule has 2 unspecified atom stereocenters. The molecule has 5 rings (SSSR count). The molecule has 20 nitrogen and oxygen atoms in total. The Morgan fingerprint density at radius 1 is 1.11 bits per heavy atom. The molecule has 3 fully saturated rings. The minimum absolute atomic E-state index is 0.0191. The predicted octanol–water partition coefficient (Wildman–Crippen LogP) is 4.40. The van der Waals surface area contributed by atoms with E-state index < -0.39 is 131 Å². The van der Waals surface area contributed by atoms with Crippen molar-refractivity contribution >= 4 is 41.6 Å². The van der Waals surface area contributed by atoms with Gasteiger partial charge in [-0.25, -0.2) is 19.2 Å². The Morgan fingerprint density at radius 3 is 2.33 bits per heavy atom. The molecule has 11 atom stereocenters. The van der Waals surface area contributed by atoms with E-state index in [-0.39, 0.29) is 34.9 Å². The van der Waals surface area contributed by atoms with Crippen molar-refractivity contribution in [3.63, 3.8) is 0 Å². The lowest BCUT2D eigenvalue weighted by Crippen LogP contribution is -2.82. The number of azide groups is 1. The molecule has 22 heteroatoms. The van der Waals surface area contributed by atoms with Crippen molar-refractivity contribution in [3.8, 4) is 0 Å². The number of nitrogens with one attached hydrogen (secondary N) is 1. The number of amides is 1. The van der Waals surface area contributed by atoms with E-state index in [1.165, 1.54) is 66.7 Å². The maximum absolute atomic E-state index is 15.5. The second kappa shape index (κ2) is 17.5. The van der Waals surface area contributed by atoms with Crippen molar-refractivity contribution in [2.45, 2.75) is 128 Å². The average molecular weight is 893 g/mol. The van der Waals surface area contributed by atoms with Gasteiger partial charge < -0.3 is 53.8 Å². The Morgan fingerprint density at radius 2 is 1.78 bits per heavy atom. The molecule has 1 amide bonds. The SMILES string of the molecule is COC(=O)O[C@H]1C(=O)[C@@]2(C)C(C(OC(=O)c3cccc(N=[N+]=[N-])c3)[C@]3(O)C[C@H](OC(=O)[C@H](O)[C@H](C=C(F)F)NC(=O)OC(C)(C)C)C(C)=C1C3(C)C)[C@]1(OC(C)=O)CO[C@@H]1C[C@@H]2O. The number of ketones is 1. The number of rotatable bonds is 10. The lowest BCUT2D eigenvalue weighted by Gasteiger charge is -2.67. The van der Waals surface area contributed by atoms with Gasteiger partial charge in [-0.05, 0) is 63.4 Å². The van der Waals surface area contributed by atoms with Crippen LogP contribution in [0.15, 0.2) is 52.7 Å². The van der Waals surface area contributed by atoms with Crippen LogP contribution in [0.2, 0.25) is 0 Å². The second-order valence-corrected chi connectivity index (χ2v) is 17.6. The van der Waals surface area contributed by atoms with Gasteiger partial charge in [0.15, 0.2) is 23.6 Å². The van der Waals surface area contributed by atoms with Gasteiger partial charge in [0.25, 0.3) is 6.08 Å². The molecule has 1 aliphatic heterocycles.